The smallest absolute Gasteiger partial charge is 0.335 e. The number of aromatic carboxylic acids is 2. The molecule has 0 radical (unpaired) electrons. The maximum atomic E-state index is 11.8. The van der Waals surface area contributed by atoms with Crippen molar-refractivity contribution < 1.29 is 34.4 Å². The van der Waals surface area contributed by atoms with Crippen LogP contribution in [0.4, 0.5) is 0 Å². The normalized spacial score (nSPS) is 9.64. The van der Waals surface area contributed by atoms with Gasteiger partial charge in [0.2, 0.25) is 0 Å². The van der Waals surface area contributed by atoms with Crippen molar-refractivity contribution in [2.45, 2.75) is 13.3 Å². The molecule has 132 valence electrons. The van der Waals surface area contributed by atoms with Crippen molar-refractivity contribution in [3.63, 3.8) is 0 Å². The van der Waals surface area contributed by atoms with Gasteiger partial charge in [0.05, 0.1) is 18.1 Å². The Labute approximate surface area is 143 Å². The van der Waals surface area contributed by atoms with Gasteiger partial charge < -0.3 is 24.9 Å². The molecule has 25 heavy (non-hydrogen) atoms. The van der Waals surface area contributed by atoms with Gasteiger partial charge in [-0.2, -0.15) is 0 Å². The Balaban J connectivity index is 0.000000333. The number of rotatable bonds is 5. The maximum absolute atomic E-state index is 11.8. The van der Waals surface area contributed by atoms with Gasteiger partial charge in [-0.3, -0.25) is 0 Å². The van der Waals surface area contributed by atoms with E-state index >= 15 is 0 Å². The van der Waals surface area contributed by atoms with E-state index in [0.717, 1.165) is 18.6 Å². The van der Waals surface area contributed by atoms with Crippen molar-refractivity contribution >= 4 is 28.7 Å². The van der Waals surface area contributed by atoms with Crippen molar-refractivity contribution in [2.24, 2.45) is 0 Å². The van der Waals surface area contributed by atoms with Crippen molar-refractivity contribution in [1.29, 1.82) is 0 Å². The van der Waals surface area contributed by atoms with Crippen LogP contribution >= 0.6 is 0 Å². The first-order valence-corrected chi connectivity index (χ1v) is 7.30. The van der Waals surface area contributed by atoms with E-state index in [1.54, 1.807) is 12.1 Å². The molecule has 0 bridgehead atoms. The summed E-state index contributed by atoms with van der Waals surface area (Å²) in [7, 11) is 0. The Hall–Kier alpha value is -3.35. The highest BCUT2D eigenvalue weighted by molar-refractivity contribution is 6.09. The van der Waals surface area contributed by atoms with Crippen LogP contribution in [0.3, 0.4) is 0 Å². The van der Waals surface area contributed by atoms with Crippen molar-refractivity contribution in [3.05, 3.63) is 54.1 Å². The van der Waals surface area contributed by atoms with E-state index in [1.165, 1.54) is 12.1 Å². The molecule has 0 atom stereocenters. The molecule has 2 aromatic rings. The summed E-state index contributed by atoms with van der Waals surface area (Å²) in [6.45, 7) is 5.67. The maximum Gasteiger partial charge on any atom is 0.335 e. The monoisotopic (exact) mass is 344 g/mol. The van der Waals surface area contributed by atoms with E-state index in [-0.39, 0.29) is 11.4 Å². The van der Waals surface area contributed by atoms with Gasteiger partial charge in [-0.1, -0.05) is 43.5 Å². The fraction of sp³-hybridized carbons (Fsp3) is 0.167. The Morgan fingerprint density at radius 2 is 1.92 bits per heavy atom. The second-order valence-corrected chi connectivity index (χ2v) is 4.81. The second-order valence-electron chi connectivity index (χ2n) is 4.81. The van der Waals surface area contributed by atoms with Gasteiger partial charge in [-0.15, -0.1) is 0 Å². The Bertz CT molecular complexity index is 808. The number of benzene rings is 2. The lowest BCUT2D eigenvalue weighted by Gasteiger charge is -2.18. The lowest BCUT2D eigenvalue weighted by atomic mass is 9.99. The van der Waals surface area contributed by atoms with Gasteiger partial charge in [0.15, 0.2) is 0 Å². The zero-order valence-corrected chi connectivity index (χ0v) is 13.5. The third-order valence-corrected chi connectivity index (χ3v) is 3.05. The molecule has 0 unspecified atom stereocenters. The van der Waals surface area contributed by atoms with Crippen molar-refractivity contribution in [2.75, 3.05) is 6.61 Å². The Morgan fingerprint density at radius 1 is 1.28 bits per heavy atom. The molecule has 0 fully saturated rings. The predicted molar refractivity (Wildman–Crippen MR) is 86.1 cm³/mol. The standard InChI is InChI=1S/C12H8O5.C6H10O2/c13-10-7-4-2-1-3-6(7)5-8(11(14)15)9(10)12(16)17;1-3-5-8-6(7)4-2/h1-5,13H,(H,14,15)(H,16,17);4H,2-3,5H2,1H3/p-2. The third-order valence-electron chi connectivity index (χ3n) is 3.05. The summed E-state index contributed by atoms with van der Waals surface area (Å²) in [5, 5.41) is 32.0. The highest BCUT2D eigenvalue weighted by Crippen LogP contribution is 2.29. The summed E-state index contributed by atoms with van der Waals surface area (Å²) in [5.74, 6) is -4.40. The minimum Gasteiger partial charge on any atom is -0.871 e. The Morgan fingerprint density at radius 3 is 2.44 bits per heavy atom. The van der Waals surface area contributed by atoms with Crippen molar-refractivity contribution in [3.8, 4) is 5.75 Å². The minimum atomic E-state index is -1.68. The van der Waals surface area contributed by atoms with Crippen LogP contribution in [0.2, 0.25) is 0 Å². The zero-order valence-electron chi connectivity index (χ0n) is 13.5. The largest absolute Gasteiger partial charge is 0.871 e. The average molecular weight is 344 g/mol. The molecule has 0 heterocycles. The summed E-state index contributed by atoms with van der Waals surface area (Å²) < 4.78 is 4.58. The Kier molecular flexibility index (Phi) is 7.15. The molecule has 2 rings (SSSR count). The highest BCUT2D eigenvalue weighted by atomic mass is 16.5. The highest BCUT2D eigenvalue weighted by Gasteiger charge is 2.14. The number of carbonyl (C=O) groups is 3. The molecule has 0 aliphatic carbocycles. The van der Waals surface area contributed by atoms with E-state index < -0.39 is 28.8 Å². The number of esters is 1. The zero-order chi connectivity index (χ0) is 19.0. The van der Waals surface area contributed by atoms with Crippen LogP contribution in [-0.4, -0.2) is 29.6 Å². The number of hydrogen-bond acceptors (Lipinski definition) is 6. The van der Waals surface area contributed by atoms with Gasteiger partial charge in [0.25, 0.3) is 0 Å². The summed E-state index contributed by atoms with van der Waals surface area (Å²) in [6, 6.07) is 7.32. The van der Waals surface area contributed by atoms with Crippen molar-refractivity contribution in [1.82, 2.24) is 0 Å². The lowest BCUT2D eigenvalue weighted by molar-refractivity contribution is -0.267. The van der Waals surface area contributed by atoms with Gasteiger partial charge in [-0.05, 0) is 23.3 Å². The molecule has 2 aromatic carbocycles. The SMILES string of the molecule is C=CC(=O)OCCC.O=C([O-])c1cc2ccccc2c([O-])c1C(=O)O. The van der Waals surface area contributed by atoms with E-state index in [9.17, 15) is 24.6 Å². The van der Waals surface area contributed by atoms with Crippen LogP contribution in [-0.2, 0) is 9.53 Å². The molecular formula is C18H16O7-2. The van der Waals surface area contributed by atoms with Crippen LogP contribution < -0.4 is 10.2 Å². The van der Waals surface area contributed by atoms with Crippen LogP contribution in [0.1, 0.15) is 34.1 Å². The quantitative estimate of drug-likeness (QED) is 0.635. The van der Waals surface area contributed by atoms with Crippen LogP contribution in [0, 0.1) is 0 Å². The summed E-state index contributed by atoms with van der Waals surface area (Å²) >= 11 is 0. The molecular weight excluding hydrogens is 328 g/mol. The molecule has 7 heteroatoms. The van der Waals surface area contributed by atoms with Crippen LogP contribution in [0.5, 0.6) is 5.75 Å². The minimum absolute atomic E-state index is 0.176. The molecule has 0 aromatic heterocycles. The molecule has 0 aliphatic heterocycles. The van der Waals surface area contributed by atoms with E-state index in [4.69, 9.17) is 5.11 Å². The fourth-order valence-electron chi connectivity index (χ4n) is 1.95. The number of carboxylic acid groups (broad SMARTS) is 2. The topological polar surface area (TPSA) is 127 Å². The van der Waals surface area contributed by atoms with E-state index in [1.807, 2.05) is 6.92 Å². The number of carbonyl (C=O) groups excluding carboxylic acids is 2. The second kappa shape index (κ2) is 9.07. The third kappa shape index (κ3) is 5.07. The molecule has 0 amide bonds. The summed E-state index contributed by atoms with van der Waals surface area (Å²) in [5.41, 5.74) is -1.36. The van der Waals surface area contributed by atoms with E-state index in [2.05, 4.69) is 11.3 Å². The molecule has 1 N–H and O–H groups in total. The molecule has 0 spiro atoms. The van der Waals surface area contributed by atoms with Crippen LogP contribution in [0.25, 0.3) is 10.8 Å². The molecule has 0 aliphatic rings. The molecule has 0 saturated heterocycles. The van der Waals surface area contributed by atoms with Gasteiger partial charge >= 0.3 is 11.9 Å². The van der Waals surface area contributed by atoms with Gasteiger partial charge in [-0.25, -0.2) is 9.59 Å². The van der Waals surface area contributed by atoms with Gasteiger partial charge in [0.1, 0.15) is 0 Å². The first kappa shape index (κ1) is 19.7. The first-order chi connectivity index (χ1) is 11.8. The molecule has 0 saturated carbocycles. The van der Waals surface area contributed by atoms with Gasteiger partial charge in [0, 0.05) is 11.6 Å². The number of hydrogen-bond donors (Lipinski definition) is 1. The fourth-order valence-corrected chi connectivity index (χ4v) is 1.95. The average Bonchev–Trinajstić information content (AvgIpc) is 2.59. The number of ether oxygens (including phenoxy) is 1. The van der Waals surface area contributed by atoms with E-state index in [0.29, 0.717) is 12.0 Å². The number of fused-ring (bicyclic) bond motifs is 1. The summed E-state index contributed by atoms with van der Waals surface area (Å²) in [6.07, 6.45) is 2.02. The molecule has 7 nitrogen and oxygen atoms in total. The lowest BCUT2D eigenvalue weighted by Crippen LogP contribution is -2.25. The number of carboxylic acids is 2. The summed E-state index contributed by atoms with van der Waals surface area (Å²) in [4.78, 5) is 31.9. The van der Waals surface area contributed by atoms with Crippen LogP contribution in [0.15, 0.2) is 43.0 Å². The first-order valence-electron chi connectivity index (χ1n) is 7.30. The predicted octanol–water partition coefficient (Wildman–Crippen LogP) is 1.10.